The number of nitrogens with two attached hydrogens (primary N) is 2. The van der Waals surface area contributed by atoms with E-state index >= 15 is 0 Å². The molecule has 6 aromatic rings. The lowest BCUT2D eigenvalue weighted by molar-refractivity contribution is -0.143. The number of hydrogen-bond acceptors (Lipinski definition) is 15. The van der Waals surface area contributed by atoms with Gasteiger partial charge in [0, 0.05) is 71.8 Å². The molecule has 0 saturated heterocycles. The number of nitrogens with zero attached hydrogens (tertiary/aromatic N) is 1. The van der Waals surface area contributed by atoms with E-state index in [9.17, 15) is 68.4 Å². The highest BCUT2D eigenvalue weighted by molar-refractivity contribution is 6.00. The molecule has 9 atom stereocenters. The maximum absolute atomic E-state index is 14.7. The van der Waals surface area contributed by atoms with E-state index in [1.54, 1.807) is 88.6 Å². The highest BCUT2D eigenvalue weighted by Gasteiger charge is 2.37. The van der Waals surface area contributed by atoms with Crippen LogP contribution in [0.25, 0.3) is 21.8 Å². The Bertz CT molecular complexity index is 3340. The molecule has 3 heterocycles. The van der Waals surface area contributed by atoms with Crippen molar-refractivity contribution < 1.29 is 68.4 Å². The third kappa shape index (κ3) is 18.4. The lowest BCUT2D eigenvalue weighted by Gasteiger charge is -2.28. The molecule has 28 nitrogen and oxygen atoms in total. The zero-order valence-corrected chi connectivity index (χ0v) is 47.7. The molecular formula is C58H74N14O14. The molecule has 19 N–H and O–H groups in total. The van der Waals surface area contributed by atoms with Crippen LogP contribution < -0.4 is 54.0 Å². The van der Waals surface area contributed by atoms with Gasteiger partial charge < -0.3 is 89.4 Å². The molecule has 460 valence electrons. The quantitative estimate of drug-likeness (QED) is 0.0222. The molecule has 0 aliphatic carbocycles. The maximum atomic E-state index is 14.7. The molecule has 0 fully saturated rings. The Morgan fingerprint density at radius 3 is 1.43 bits per heavy atom. The number of fused-ring (bicyclic) bond motifs is 2. The molecule has 0 aliphatic rings. The molecule has 86 heavy (non-hydrogen) atoms. The number of rotatable bonds is 32. The Hall–Kier alpha value is -9.67. The molecule has 0 bridgehead atoms. The van der Waals surface area contributed by atoms with Crippen LogP contribution in [0.3, 0.4) is 0 Å². The summed E-state index contributed by atoms with van der Waals surface area (Å²) in [7, 11) is 0. The summed E-state index contributed by atoms with van der Waals surface area (Å²) in [6.07, 6.45) is 4.14. The number of phenolic OH excluding ortho intramolecular Hbond substituents is 1. The van der Waals surface area contributed by atoms with E-state index in [-0.39, 0.29) is 43.8 Å². The first kappa shape index (κ1) is 65.5. The number of aromatic amines is 3. The number of H-pyrrole nitrogens is 3. The first-order valence-electron chi connectivity index (χ1n) is 27.7. The third-order valence-electron chi connectivity index (χ3n) is 14.0. The number of carbonyl (C=O) groups excluding carboxylic acids is 9. The number of phenols is 1. The summed E-state index contributed by atoms with van der Waals surface area (Å²) in [4.78, 5) is 151. The number of aromatic hydroxyl groups is 1. The second kappa shape index (κ2) is 30.8. The Labute approximate surface area is 493 Å². The minimum Gasteiger partial charge on any atom is -0.508 e. The summed E-state index contributed by atoms with van der Waals surface area (Å²) in [6, 6.07) is 5.92. The fourth-order valence-electron chi connectivity index (χ4n) is 9.43. The SMILES string of the molecule is CC(C)C[C@H](NC(=O)[C@@H](N)CO)C(=O)N[C@@H](Cc1c[nH]c2ccccc12)C(=O)N[C@@H](Cc1ccc(O)cc1)C(=O)N[C@@H](CO)C(=O)N[C@@H](CC(N)=O)C(=O)N[C@@H](Cc1cnc[nH]1)C(=O)N[C@@H](Cc1c[nH]c2ccccc12)C(=O)N[C@H](C(=O)O)C(C)C. The van der Waals surface area contributed by atoms with E-state index in [0.29, 0.717) is 44.2 Å². The van der Waals surface area contributed by atoms with Crippen molar-refractivity contribution in [3.05, 3.63) is 120 Å². The molecule has 3 aromatic heterocycles. The van der Waals surface area contributed by atoms with Crippen molar-refractivity contribution in [2.24, 2.45) is 23.3 Å². The van der Waals surface area contributed by atoms with Gasteiger partial charge in [-0.2, -0.15) is 0 Å². The fourth-order valence-corrected chi connectivity index (χ4v) is 9.43. The van der Waals surface area contributed by atoms with E-state index in [4.69, 9.17) is 11.5 Å². The smallest absolute Gasteiger partial charge is 0.326 e. The number of imidazole rings is 1. The van der Waals surface area contributed by atoms with Gasteiger partial charge in [0.25, 0.3) is 0 Å². The van der Waals surface area contributed by atoms with Crippen molar-refractivity contribution in [2.45, 2.75) is 121 Å². The number of aliphatic carboxylic acids is 1. The van der Waals surface area contributed by atoms with Crippen LogP contribution in [0.4, 0.5) is 0 Å². The van der Waals surface area contributed by atoms with Gasteiger partial charge in [-0.25, -0.2) is 9.78 Å². The summed E-state index contributed by atoms with van der Waals surface area (Å²) >= 11 is 0. The van der Waals surface area contributed by atoms with Crippen molar-refractivity contribution in [1.82, 2.24) is 62.5 Å². The van der Waals surface area contributed by atoms with Gasteiger partial charge in [-0.15, -0.1) is 0 Å². The number of primary amides is 1. The van der Waals surface area contributed by atoms with Crippen LogP contribution in [-0.2, 0) is 73.6 Å². The number of aliphatic hydroxyl groups is 2. The number of benzene rings is 3. The number of carboxylic acids is 1. The van der Waals surface area contributed by atoms with Crippen LogP contribution in [-0.4, -0.2) is 167 Å². The molecule has 0 aliphatic heterocycles. The van der Waals surface area contributed by atoms with E-state index < -0.39 is 139 Å². The van der Waals surface area contributed by atoms with Crippen LogP contribution >= 0.6 is 0 Å². The molecule has 6 rings (SSSR count). The minimum absolute atomic E-state index is 0.0842. The average molecular weight is 1190 g/mol. The summed E-state index contributed by atoms with van der Waals surface area (Å²) < 4.78 is 0. The first-order chi connectivity index (χ1) is 40.9. The van der Waals surface area contributed by atoms with Crippen LogP contribution in [0.2, 0.25) is 0 Å². The van der Waals surface area contributed by atoms with Crippen LogP contribution in [0, 0.1) is 11.8 Å². The second-order valence-electron chi connectivity index (χ2n) is 21.5. The first-order valence-corrected chi connectivity index (χ1v) is 27.7. The van der Waals surface area contributed by atoms with E-state index in [2.05, 4.69) is 62.5 Å². The summed E-state index contributed by atoms with van der Waals surface area (Å²) in [5.41, 5.74) is 14.5. The van der Waals surface area contributed by atoms with Crippen molar-refractivity contribution in [2.75, 3.05) is 13.2 Å². The summed E-state index contributed by atoms with van der Waals surface area (Å²) in [5, 5.41) is 61.7. The minimum atomic E-state index is -1.91. The molecule has 28 heteroatoms. The molecule has 0 saturated carbocycles. The van der Waals surface area contributed by atoms with Crippen molar-refractivity contribution >= 4 is 80.9 Å². The summed E-state index contributed by atoms with van der Waals surface area (Å²) in [5.74, 6) is -11.2. The van der Waals surface area contributed by atoms with E-state index in [1.807, 2.05) is 0 Å². The molecule has 0 unspecified atom stereocenters. The number of carbonyl (C=O) groups is 10. The Morgan fingerprint density at radius 1 is 0.523 bits per heavy atom. The predicted molar refractivity (Wildman–Crippen MR) is 311 cm³/mol. The molecule has 0 spiro atoms. The number of aliphatic hydroxyl groups excluding tert-OH is 2. The third-order valence-corrected chi connectivity index (χ3v) is 14.0. The van der Waals surface area contributed by atoms with Gasteiger partial charge in [0.05, 0.1) is 26.0 Å². The van der Waals surface area contributed by atoms with Crippen LogP contribution in [0.1, 0.15) is 62.9 Å². The lowest BCUT2D eigenvalue weighted by atomic mass is 9.99. The standard InChI is InChI=1S/C58H74N14O14/c1-29(2)17-41(65-50(77)38(59)26-73)51(78)67-43(19-32-23-62-39-11-7-5-9-36(32)39)53(80)66-42(18-31-13-15-35(75)16-14-31)52(79)71-47(27-74)57(84)70-46(22-48(60)76)55(82)69-45(21-34-25-61-28-64-34)54(81)68-44(56(83)72-49(30(3)4)58(85)86)20-33-24-63-40-12-8-6-10-37(33)40/h5-16,23-25,28-30,38,41-47,49,62-63,73-75H,17-22,26-27,59H2,1-4H3,(H2,60,76)(H,61,64)(H,65,77)(H,66,80)(H,67,78)(H,68,81)(H,69,82)(H,70,84)(H,71,79)(H,72,83)(H,85,86)/t38-,41-,42-,43-,44-,45-,46-,47-,49-/m0/s1. The molecule has 0 radical (unpaired) electrons. The van der Waals surface area contributed by atoms with Gasteiger partial charge in [0.1, 0.15) is 60.1 Å². The largest absolute Gasteiger partial charge is 0.508 e. The number of amides is 9. The Morgan fingerprint density at radius 2 is 0.965 bits per heavy atom. The number of para-hydroxylation sites is 2. The van der Waals surface area contributed by atoms with Gasteiger partial charge >= 0.3 is 5.97 Å². The predicted octanol–water partition coefficient (Wildman–Crippen LogP) is -1.80. The van der Waals surface area contributed by atoms with E-state index in [0.717, 1.165) is 0 Å². The zero-order chi connectivity index (χ0) is 62.8. The second-order valence-corrected chi connectivity index (χ2v) is 21.5. The van der Waals surface area contributed by atoms with Gasteiger partial charge in [-0.3, -0.25) is 43.2 Å². The maximum Gasteiger partial charge on any atom is 0.326 e. The van der Waals surface area contributed by atoms with Gasteiger partial charge in [-0.1, -0.05) is 76.2 Å². The number of nitrogens with one attached hydrogen (secondary N) is 11. The fraction of sp³-hybridized carbons (Fsp3) is 0.397. The molecular weight excluding hydrogens is 1120 g/mol. The van der Waals surface area contributed by atoms with E-state index in [1.165, 1.54) is 36.8 Å². The highest BCUT2D eigenvalue weighted by Crippen LogP contribution is 2.22. The van der Waals surface area contributed by atoms with Crippen molar-refractivity contribution in [3.63, 3.8) is 0 Å². The summed E-state index contributed by atoms with van der Waals surface area (Å²) in [6.45, 7) is 4.90. The van der Waals surface area contributed by atoms with Gasteiger partial charge in [0.2, 0.25) is 53.2 Å². The average Bonchev–Trinajstić information content (AvgIpc) is 3.37. The van der Waals surface area contributed by atoms with Crippen molar-refractivity contribution in [3.8, 4) is 5.75 Å². The van der Waals surface area contributed by atoms with Crippen LogP contribution in [0.5, 0.6) is 5.75 Å². The monoisotopic (exact) mass is 1190 g/mol. The Kier molecular flexibility index (Phi) is 23.4. The Balaban J connectivity index is 1.25. The van der Waals surface area contributed by atoms with Crippen molar-refractivity contribution in [1.29, 1.82) is 0 Å². The lowest BCUT2D eigenvalue weighted by Crippen LogP contribution is -2.62. The molecule has 9 amide bonds. The normalized spacial score (nSPS) is 14.5. The molecule has 3 aromatic carbocycles. The number of hydrogen-bond donors (Lipinski definition) is 17. The van der Waals surface area contributed by atoms with Crippen LogP contribution in [0.15, 0.2) is 97.7 Å². The highest BCUT2D eigenvalue weighted by atomic mass is 16.4. The number of carboxylic acid groups (broad SMARTS) is 1. The number of aromatic nitrogens is 4. The van der Waals surface area contributed by atoms with Gasteiger partial charge in [0.15, 0.2) is 0 Å². The topological polar surface area (TPSA) is 460 Å². The van der Waals surface area contributed by atoms with Gasteiger partial charge in [-0.05, 0) is 59.2 Å². The zero-order valence-electron chi connectivity index (χ0n) is 47.7.